The van der Waals surface area contributed by atoms with E-state index in [1.807, 2.05) is 36.4 Å². The van der Waals surface area contributed by atoms with E-state index in [4.69, 9.17) is 0 Å². The van der Waals surface area contributed by atoms with E-state index in [0.717, 1.165) is 28.3 Å². The van der Waals surface area contributed by atoms with Gasteiger partial charge in [0.25, 0.3) is 0 Å². The lowest BCUT2D eigenvalue weighted by molar-refractivity contribution is 0.104. The maximum Gasteiger partial charge on any atom is 0.185 e. The Morgan fingerprint density at radius 2 is 1.31 bits per heavy atom. The van der Waals surface area contributed by atoms with Gasteiger partial charge < -0.3 is 0 Å². The molecule has 0 aromatic heterocycles. The van der Waals surface area contributed by atoms with E-state index < -0.39 is 0 Å². The Morgan fingerprint density at radius 1 is 0.688 bits per heavy atom. The van der Waals surface area contributed by atoms with Crippen molar-refractivity contribution in [2.75, 3.05) is 0 Å². The third-order valence-electron chi connectivity index (χ3n) is 6.30. The number of ketones is 1. The fraction of sp³-hybridized carbons (Fsp3) is 0.387. The third kappa shape index (κ3) is 7.79. The first kappa shape index (κ1) is 24.0. The zero-order chi connectivity index (χ0) is 22.4. The van der Waals surface area contributed by atoms with Gasteiger partial charge in [-0.1, -0.05) is 131 Å². The predicted octanol–water partition coefficient (Wildman–Crippen LogP) is 9.20. The van der Waals surface area contributed by atoms with Crippen LogP contribution in [0.2, 0.25) is 0 Å². The van der Waals surface area contributed by atoms with Gasteiger partial charge in [0.2, 0.25) is 0 Å². The third-order valence-corrected chi connectivity index (χ3v) is 6.30. The number of fused-ring (bicyclic) bond motifs is 1. The Bertz CT molecular complexity index is 998. The molecule has 3 aromatic carbocycles. The number of benzene rings is 3. The highest BCUT2D eigenvalue weighted by Gasteiger charge is 2.04. The number of rotatable bonds is 14. The first-order valence-electron chi connectivity index (χ1n) is 12.6. The largest absolute Gasteiger partial charge is 0.289 e. The van der Waals surface area contributed by atoms with Crippen LogP contribution in [0.5, 0.6) is 0 Å². The monoisotopic (exact) mass is 426 g/mol. The van der Waals surface area contributed by atoms with E-state index in [-0.39, 0.29) is 5.78 Å². The quantitative estimate of drug-likeness (QED) is 0.143. The van der Waals surface area contributed by atoms with Gasteiger partial charge in [-0.2, -0.15) is 0 Å². The average molecular weight is 427 g/mol. The Labute approximate surface area is 194 Å². The summed E-state index contributed by atoms with van der Waals surface area (Å²) in [5.41, 5.74) is 3.25. The predicted molar refractivity (Wildman–Crippen MR) is 139 cm³/mol. The van der Waals surface area contributed by atoms with Gasteiger partial charge in [-0.05, 0) is 46.9 Å². The summed E-state index contributed by atoms with van der Waals surface area (Å²) in [6, 6.07) is 22.6. The number of hydrogen-bond acceptors (Lipinski definition) is 1. The summed E-state index contributed by atoms with van der Waals surface area (Å²) in [7, 11) is 0. The van der Waals surface area contributed by atoms with Gasteiger partial charge in [-0.15, -0.1) is 0 Å². The molecule has 0 radical (unpaired) electrons. The summed E-state index contributed by atoms with van der Waals surface area (Å²) in [5, 5.41) is 2.27. The molecular weight excluding hydrogens is 388 g/mol. The lowest BCUT2D eigenvalue weighted by Gasteiger charge is -2.07. The maximum atomic E-state index is 12.7. The molecule has 1 nitrogen and oxygen atoms in total. The topological polar surface area (TPSA) is 17.1 Å². The molecule has 0 N–H and O–H groups in total. The molecule has 0 heterocycles. The first-order valence-corrected chi connectivity index (χ1v) is 12.6. The minimum atomic E-state index is 0.0597. The molecule has 0 saturated heterocycles. The Morgan fingerprint density at radius 3 is 2.06 bits per heavy atom. The van der Waals surface area contributed by atoms with Crippen LogP contribution in [0.15, 0.2) is 72.8 Å². The molecule has 0 aliphatic carbocycles. The second-order valence-corrected chi connectivity index (χ2v) is 8.89. The smallest absolute Gasteiger partial charge is 0.185 e. The van der Waals surface area contributed by atoms with Crippen LogP contribution >= 0.6 is 0 Å². The van der Waals surface area contributed by atoms with Crippen LogP contribution < -0.4 is 0 Å². The number of allylic oxidation sites excluding steroid dienone is 1. The van der Waals surface area contributed by atoms with Crippen molar-refractivity contribution in [2.24, 2.45) is 0 Å². The molecule has 0 unspecified atom stereocenters. The number of unbranched alkanes of at least 4 members (excludes halogenated alkanes) is 9. The molecule has 32 heavy (non-hydrogen) atoms. The van der Waals surface area contributed by atoms with Gasteiger partial charge in [-0.25, -0.2) is 0 Å². The van der Waals surface area contributed by atoms with E-state index in [1.54, 1.807) is 6.08 Å². The fourth-order valence-electron chi connectivity index (χ4n) is 4.33. The number of carbonyl (C=O) groups is 1. The molecule has 0 saturated carbocycles. The van der Waals surface area contributed by atoms with Crippen molar-refractivity contribution in [3.63, 3.8) is 0 Å². The SMILES string of the molecule is CCCCCCCCCCCCc1ccccc1C=CC(=O)c1ccc2ccccc2c1. The molecule has 3 aromatic rings. The van der Waals surface area contributed by atoms with Crippen LogP contribution in [0.4, 0.5) is 0 Å². The van der Waals surface area contributed by atoms with Crippen LogP contribution in [-0.2, 0) is 6.42 Å². The molecule has 0 bridgehead atoms. The van der Waals surface area contributed by atoms with Gasteiger partial charge in [0.15, 0.2) is 5.78 Å². The summed E-state index contributed by atoms with van der Waals surface area (Å²) in [5.74, 6) is 0.0597. The average Bonchev–Trinajstić information content (AvgIpc) is 2.84. The van der Waals surface area contributed by atoms with Crippen LogP contribution in [0.3, 0.4) is 0 Å². The summed E-state index contributed by atoms with van der Waals surface area (Å²) in [6.45, 7) is 2.27. The van der Waals surface area contributed by atoms with Crippen LogP contribution in [0.1, 0.15) is 92.6 Å². The van der Waals surface area contributed by atoms with Gasteiger partial charge in [0.05, 0.1) is 0 Å². The van der Waals surface area contributed by atoms with Crippen molar-refractivity contribution in [3.8, 4) is 0 Å². The molecule has 0 atom stereocenters. The summed E-state index contributed by atoms with van der Waals surface area (Å²) < 4.78 is 0. The van der Waals surface area contributed by atoms with Crippen LogP contribution in [0, 0.1) is 0 Å². The number of carbonyl (C=O) groups excluding carboxylic acids is 1. The lowest BCUT2D eigenvalue weighted by Crippen LogP contribution is -1.95. The minimum absolute atomic E-state index is 0.0597. The van der Waals surface area contributed by atoms with E-state index >= 15 is 0 Å². The molecule has 3 rings (SSSR count). The maximum absolute atomic E-state index is 12.7. The van der Waals surface area contributed by atoms with Crippen molar-refractivity contribution >= 4 is 22.6 Å². The Kier molecular flexibility index (Phi) is 10.3. The van der Waals surface area contributed by atoms with Crippen molar-refractivity contribution in [1.82, 2.24) is 0 Å². The van der Waals surface area contributed by atoms with Gasteiger partial charge in [0.1, 0.15) is 0 Å². The van der Waals surface area contributed by atoms with Gasteiger partial charge in [0, 0.05) is 5.56 Å². The molecule has 0 amide bonds. The van der Waals surface area contributed by atoms with Crippen LogP contribution in [0.25, 0.3) is 16.8 Å². The van der Waals surface area contributed by atoms with E-state index in [0.29, 0.717) is 0 Å². The normalized spacial score (nSPS) is 11.4. The molecule has 1 heteroatoms. The first-order chi connectivity index (χ1) is 15.8. The molecular formula is C31H38O. The molecule has 0 fully saturated rings. The zero-order valence-corrected chi connectivity index (χ0v) is 19.7. The Hall–Kier alpha value is -2.67. The molecule has 0 spiro atoms. The zero-order valence-electron chi connectivity index (χ0n) is 19.7. The minimum Gasteiger partial charge on any atom is -0.289 e. The highest BCUT2D eigenvalue weighted by molar-refractivity contribution is 6.08. The standard InChI is InChI=1S/C31H38O/c1-2-3-4-5-6-7-8-9-10-11-16-26-17-12-13-18-27(26)23-24-31(32)30-22-21-28-19-14-15-20-29(28)25-30/h12-15,17-25H,2-11,16H2,1H3. The fourth-order valence-corrected chi connectivity index (χ4v) is 4.33. The second-order valence-electron chi connectivity index (χ2n) is 8.89. The van der Waals surface area contributed by atoms with Crippen LogP contribution in [-0.4, -0.2) is 5.78 Å². The molecule has 0 aliphatic heterocycles. The number of aryl methyl sites for hydroxylation is 1. The van der Waals surface area contributed by atoms with E-state index in [9.17, 15) is 4.79 Å². The van der Waals surface area contributed by atoms with Gasteiger partial charge >= 0.3 is 0 Å². The van der Waals surface area contributed by atoms with Gasteiger partial charge in [-0.3, -0.25) is 4.79 Å². The van der Waals surface area contributed by atoms with Crippen molar-refractivity contribution in [1.29, 1.82) is 0 Å². The lowest BCUT2D eigenvalue weighted by atomic mass is 9.99. The van der Waals surface area contributed by atoms with E-state index in [1.165, 1.54) is 69.8 Å². The van der Waals surface area contributed by atoms with Crippen molar-refractivity contribution < 1.29 is 4.79 Å². The number of hydrogen-bond donors (Lipinski definition) is 0. The van der Waals surface area contributed by atoms with Crippen molar-refractivity contribution in [3.05, 3.63) is 89.5 Å². The van der Waals surface area contributed by atoms with Crippen molar-refractivity contribution in [2.45, 2.75) is 77.6 Å². The molecule has 0 aliphatic rings. The summed E-state index contributed by atoms with van der Waals surface area (Å²) in [4.78, 5) is 12.7. The summed E-state index contributed by atoms with van der Waals surface area (Å²) >= 11 is 0. The van der Waals surface area contributed by atoms with E-state index in [2.05, 4.69) is 43.3 Å². The molecule has 168 valence electrons. The second kappa shape index (κ2) is 13.7. The Balaban J connectivity index is 1.46. The highest BCUT2D eigenvalue weighted by Crippen LogP contribution is 2.19. The summed E-state index contributed by atoms with van der Waals surface area (Å²) in [6.07, 6.45) is 18.3. The highest BCUT2D eigenvalue weighted by atomic mass is 16.1.